The van der Waals surface area contributed by atoms with Crippen LogP contribution < -0.4 is 0 Å². The van der Waals surface area contributed by atoms with E-state index in [2.05, 4.69) is 6.92 Å². The lowest BCUT2D eigenvalue weighted by Gasteiger charge is -2.19. The predicted octanol–water partition coefficient (Wildman–Crippen LogP) is -2.84. The zero-order chi connectivity index (χ0) is 14.2. The van der Waals surface area contributed by atoms with E-state index in [0.29, 0.717) is 10.2 Å². The van der Waals surface area contributed by atoms with E-state index in [0.717, 1.165) is 19.3 Å². The summed E-state index contributed by atoms with van der Waals surface area (Å²) in [6.07, 6.45) is 2.86. The Morgan fingerprint density at radius 1 is 0.882 bits per heavy atom. The van der Waals surface area contributed by atoms with Crippen LogP contribution >= 0.6 is 0 Å². The smallest absolute Gasteiger partial charge is 0.0678 e. The van der Waals surface area contributed by atoms with Gasteiger partial charge in [-0.25, -0.2) is 0 Å². The van der Waals surface area contributed by atoms with Crippen LogP contribution in [0.15, 0.2) is 0 Å². The highest BCUT2D eigenvalue weighted by Crippen LogP contribution is 2.08. The van der Waals surface area contributed by atoms with Gasteiger partial charge in [-0.2, -0.15) is 0 Å². The van der Waals surface area contributed by atoms with E-state index < -0.39 is 5.22 Å². The van der Waals surface area contributed by atoms with Crippen molar-refractivity contribution >= 4 is 10.2 Å². The Morgan fingerprint density at radius 3 is 1.41 bits per heavy atom. The van der Waals surface area contributed by atoms with E-state index >= 15 is 0 Å². The molecule has 0 aliphatic rings. The molecule has 0 aromatic heterocycles. The minimum absolute atomic E-state index is 0.0702. The third kappa shape index (κ3) is 31.4. The monoisotopic (exact) mass is 272 g/mol. The Labute approximate surface area is 106 Å². The average Bonchev–Trinajstić information content (AvgIpc) is 2.37. The predicted molar refractivity (Wildman–Crippen MR) is 69.8 cm³/mol. The molecule has 1 unspecified atom stereocenters. The van der Waals surface area contributed by atoms with E-state index in [-0.39, 0.29) is 33.0 Å². The quantitative estimate of drug-likeness (QED) is 0.290. The van der Waals surface area contributed by atoms with Crippen LogP contribution in [0.4, 0.5) is 0 Å². The summed E-state index contributed by atoms with van der Waals surface area (Å²) in [7, 11) is 0.669. The largest absolute Gasteiger partial charge is 0.394 e. The van der Waals surface area contributed by atoms with Gasteiger partial charge >= 0.3 is 0 Å². The maximum absolute atomic E-state index is 9.27. The summed E-state index contributed by atoms with van der Waals surface area (Å²) in [6.45, 7) is 1.51. The summed E-state index contributed by atoms with van der Waals surface area (Å²) < 4.78 is 0. The molecular formula is C10H28O6Si. The van der Waals surface area contributed by atoms with E-state index in [1.165, 1.54) is 0 Å². The summed E-state index contributed by atoms with van der Waals surface area (Å²) in [4.78, 5) is 0. The lowest BCUT2D eigenvalue weighted by atomic mass is 10.2. The highest BCUT2D eigenvalue weighted by Gasteiger charge is 2.16. The summed E-state index contributed by atoms with van der Waals surface area (Å²) in [5.74, 6) is 0. The molecular weight excluding hydrogens is 244 g/mol. The first-order valence-electron chi connectivity index (χ1n) is 5.72. The van der Waals surface area contributed by atoms with Gasteiger partial charge < -0.3 is 30.6 Å². The van der Waals surface area contributed by atoms with Crippen molar-refractivity contribution in [2.45, 2.75) is 31.4 Å². The lowest BCUT2D eigenvalue weighted by Crippen LogP contribution is -2.33. The fraction of sp³-hybridized carbons (Fsp3) is 1.00. The number of hydrogen-bond acceptors (Lipinski definition) is 6. The number of aliphatic hydroxyl groups is 6. The van der Waals surface area contributed by atoms with Gasteiger partial charge in [-0.05, 0) is 6.42 Å². The van der Waals surface area contributed by atoms with Gasteiger partial charge in [-0.15, -0.1) is 0 Å². The minimum atomic E-state index is -0.712. The van der Waals surface area contributed by atoms with Gasteiger partial charge in [-0.3, -0.25) is 0 Å². The number of hydrogen-bond donors (Lipinski definition) is 6. The molecule has 0 aromatic rings. The molecule has 0 heterocycles. The summed E-state index contributed by atoms with van der Waals surface area (Å²) in [6, 6.07) is 0. The van der Waals surface area contributed by atoms with Gasteiger partial charge in [0.25, 0.3) is 0 Å². The highest BCUT2D eigenvalue weighted by atomic mass is 28.1. The molecule has 0 radical (unpaired) electrons. The van der Waals surface area contributed by atoms with Crippen LogP contribution in [0.3, 0.4) is 0 Å². The first-order valence-corrected chi connectivity index (χ1v) is 6.72. The second-order valence-electron chi connectivity index (χ2n) is 3.65. The van der Waals surface area contributed by atoms with Crippen molar-refractivity contribution in [3.05, 3.63) is 0 Å². The molecule has 17 heavy (non-hydrogen) atoms. The fourth-order valence-electron chi connectivity index (χ4n) is 0.637. The Bertz CT molecular complexity index is 115. The molecule has 6 N–H and O–H groups in total. The molecule has 0 amide bonds. The molecule has 0 aliphatic carbocycles. The third-order valence-corrected chi connectivity index (χ3v) is 2.43. The van der Waals surface area contributed by atoms with E-state index in [9.17, 15) is 5.11 Å². The van der Waals surface area contributed by atoms with E-state index in [1.807, 2.05) is 0 Å². The molecule has 0 aliphatic heterocycles. The first kappa shape index (κ1) is 22.2. The molecule has 0 saturated heterocycles. The van der Waals surface area contributed by atoms with Crippen LogP contribution in [0.2, 0.25) is 0 Å². The van der Waals surface area contributed by atoms with Gasteiger partial charge in [0.15, 0.2) is 0 Å². The maximum atomic E-state index is 9.27. The molecule has 6 nitrogen and oxygen atoms in total. The van der Waals surface area contributed by atoms with Crippen molar-refractivity contribution in [1.82, 2.24) is 0 Å². The van der Waals surface area contributed by atoms with Crippen molar-refractivity contribution in [1.29, 1.82) is 0 Å². The number of unbranched alkanes of at least 4 members (excludes halogenated alkanes) is 1. The third-order valence-electron chi connectivity index (χ3n) is 1.61. The van der Waals surface area contributed by atoms with E-state index in [4.69, 9.17) is 25.5 Å². The van der Waals surface area contributed by atoms with Crippen molar-refractivity contribution < 1.29 is 30.6 Å². The molecule has 0 bridgehead atoms. The van der Waals surface area contributed by atoms with Gasteiger partial charge in [-0.1, -0.05) is 19.8 Å². The molecule has 0 rings (SSSR count). The number of aliphatic hydroxyl groups excluding tert-OH is 5. The molecule has 108 valence electrons. The van der Waals surface area contributed by atoms with Crippen LogP contribution in [0.1, 0.15) is 26.2 Å². The summed E-state index contributed by atoms with van der Waals surface area (Å²) >= 11 is 0. The fourth-order valence-corrected chi connectivity index (χ4v) is 0.990. The molecule has 0 aromatic carbocycles. The van der Waals surface area contributed by atoms with Crippen molar-refractivity contribution in [2.24, 2.45) is 0 Å². The van der Waals surface area contributed by atoms with Crippen LogP contribution in [0.5, 0.6) is 0 Å². The maximum Gasteiger partial charge on any atom is 0.0678 e. The standard InChI is InChI=1S/C6H16O2Si.2C2H6O2/c1-2-3-4-6(8,9)5-7;2*3-1-2-4/h7-8H,2-5H2,1,9H3;2*3-4H,1-2H2. The zero-order valence-corrected chi connectivity index (χ0v) is 12.8. The molecule has 1 atom stereocenters. The Hall–Kier alpha value is -0.0231. The summed E-state index contributed by atoms with van der Waals surface area (Å²) in [5.41, 5.74) is 0. The number of rotatable bonds is 6. The van der Waals surface area contributed by atoms with Crippen molar-refractivity contribution in [3.8, 4) is 0 Å². The van der Waals surface area contributed by atoms with E-state index in [1.54, 1.807) is 0 Å². The molecule has 0 saturated carbocycles. The van der Waals surface area contributed by atoms with Crippen molar-refractivity contribution in [3.63, 3.8) is 0 Å². The molecule has 0 fully saturated rings. The van der Waals surface area contributed by atoms with Crippen LogP contribution in [-0.2, 0) is 0 Å². The second-order valence-corrected chi connectivity index (χ2v) is 5.51. The Morgan fingerprint density at radius 2 is 1.24 bits per heavy atom. The average molecular weight is 272 g/mol. The van der Waals surface area contributed by atoms with Gasteiger partial charge in [0.1, 0.15) is 0 Å². The molecule has 0 spiro atoms. The highest BCUT2D eigenvalue weighted by molar-refractivity contribution is 6.14. The van der Waals surface area contributed by atoms with Gasteiger partial charge in [0, 0.05) is 10.2 Å². The lowest BCUT2D eigenvalue weighted by molar-refractivity contribution is 0.0484. The van der Waals surface area contributed by atoms with Crippen LogP contribution in [0.25, 0.3) is 0 Å². The SMILES string of the molecule is CCCCC(O)([SiH3])CO.OCCO.OCCO. The zero-order valence-electron chi connectivity index (χ0n) is 10.8. The molecule has 7 heteroatoms. The Kier molecular flexibility index (Phi) is 23.9. The normalized spacial score (nSPS) is 12.9. The van der Waals surface area contributed by atoms with Crippen LogP contribution in [-0.4, -0.2) is 79.1 Å². The van der Waals surface area contributed by atoms with Gasteiger partial charge in [0.2, 0.25) is 0 Å². The second kappa shape index (κ2) is 18.3. The summed E-state index contributed by atoms with van der Waals surface area (Å²) in [5, 5.41) is 47.7. The van der Waals surface area contributed by atoms with Gasteiger partial charge in [0.05, 0.1) is 38.3 Å². The Balaban J connectivity index is -0.000000205. The van der Waals surface area contributed by atoms with Crippen LogP contribution in [0, 0.1) is 0 Å². The van der Waals surface area contributed by atoms with Crippen molar-refractivity contribution in [2.75, 3.05) is 33.0 Å². The topological polar surface area (TPSA) is 121 Å². The minimum Gasteiger partial charge on any atom is -0.394 e. The first-order chi connectivity index (χ1) is 7.95.